The summed E-state index contributed by atoms with van der Waals surface area (Å²) in [6.45, 7) is 19.6. The molecule has 1 aromatic carbocycles. The molecule has 0 spiro atoms. The van der Waals surface area contributed by atoms with Gasteiger partial charge in [0.1, 0.15) is 23.4 Å². The molecule has 0 unspecified atom stereocenters. The molecule has 2 bridgehead atoms. The van der Waals surface area contributed by atoms with Gasteiger partial charge in [-0.15, -0.1) is 0 Å². The summed E-state index contributed by atoms with van der Waals surface area (Å²) in [5.41, 5.74) is -2.16. The number of oxime groups is 1. The van der Waals surface area contributed by atoms with Crippen LogP contribution in [0, 0.1) is 23.7 Å². The Hall–Kier alpha value is -3.03. The van der Waals surface area contributed by atoms with Gasteiger partial charge in [0.15, 0.2) is 18.7 Å². The van der Waals surface area contributed by atoms with Gasteiger partial charge in [-0.25, -0.2) is 0 Å². The smallest absolute Gasteiger partial charge is 0.311 e. The first kappa shape index (κ1) is 52.9. The number of benzene rings is 1. The summed E-state index contributed by atoms with van der Waals surface area (Å²) < 4.78 is 59.1. The van der Waals surface area contributed by atoms with Crippen molar-refractivity contribution in [1.82, 2.24) is 4.90 Å². The van der Waals surface area contributed by atoms with Crippen molar-refractivity contribution < 1.29 is 67.6 Å². The molecule has 4 heterocycles. The second-order valence-electron chi connectivity index (χ2n) is 19.9. The summed E-state index contributed by atoms with van der Waals surface area (Å²) in [6, 6.07) is 9.44. The van der Waals surface area contributed by atoms with Gasteiger partial charge in [-0.05, 0) is 86.0 Å². The van der Waals surface area contributed by atoms with Crippen LogP contribution in [0.1, 0.15) is 107 Å². The predicted molar refractivity (Wildman–Crippen MR) is 242 cm³/mol. The number of nitrogens with zero attached hydrogens (tertiary/aromatic N) is 2. The Labute approximate surface area is 386 Å². The summed E-state index contributed by atoms with van der Waals surface area (Å²) in [7, 11) is 5.34. The van der Waals surface area contributed by atoms with Crippen molar-refractivity contribution in [3.05, 3.63) is 41.5 Å². The second kappa shape index (κ2) is 21.9. The number of esters is 2. The molecule has 0 amide bonds. The van der Waals surface area contributed by atoms with E-state index in [0.29, 0.717) is 12.1 Å². The SMILES string of the molecule is CC[C@@H]1OC(=O)[C@H](C)[C@@H](O[C@H]2C[C@@](C)(OC)[C@@H](OC(C)=O)[C@H](C)O2)[C@H](C)[C@@H](O[C@@H]2O[C@H](C)C[C@H](N(C)C)[C@H]2O)[C@@]2(C)C[C@@H](C)/C(=N\O)[C@@H](C)[C@H](OC/C(=C/c3ccccc3)CO2)[C@]1(C)O. The summed E-state index contributed by atoms with van der Waals surface area (Å²) in [5, 5.41) is 39.4. The zero-order valence-corrected chi connectivity index (χ0v) is 41.1. The van der Waals surface area contributed by atoms with Gasteiger partial charge in [-0.3, -0.25) is 9.59 Å². The molecule has 0 aliphatic carbocycles. The number of likely N-dealkylation sites (N-methyl/N-ethyl adjacent to an activating group) is 1. The summed E-state index contributed by atoms with van der Waals surface area (Å²) in [6.07, 6.45) is -6.00. The Morgan fingerprint density at radius 1 is 0.969 bits per heavy atom. The number of hydrogen-bond acceptors (Lipinski definition) is 16. The zero-order chi connectivity index (χ0) is 48.2. The number of rotatable bonds is 9. The van der Waals surface area contributed by atoms with Crippen LogP contribution < -0.4 is 0 Å². The first-order chi connectivity index (χ1) is 30.5. The van der Waals surface area contributed by atoms with Crippen molar-refractivity contribution >= 4 is 23.7 Å². The van der Waals surface area contributed by atoms with E-state index in [1.54, 1.807) is 20.8 Å². The van der Waals surface area contributed by atoms with Crippen molar-refractivity contribution in [2.75, 3.05) is 34.4 Å². The number of cyclic esters (lactones) is 1. The molecule has 1 aromatic rings. The van der Waals surface area contributed by atoms with Gasteiger partial charge in [0.25, 0.3) is 0 Å². The highest BCUT2D eigenvalue weighted by Crippen LogP contribution is 2.43. The van der Waals surface area contributed by atoms with E-state index in [1.807, 2.05) is 104 Å². The van der Waals surface area contributed by atoms with E-state index in [0.717, 1.165) is 11.1 Å². The minimum absolute atomic E-state index is 0.00705. The second-order valence-corrected chi connectivity index (χ2v) is 19.9. The molecule has 5 rings (SSSR count). The molecule has 4 aliphatic heterocycles. The maximum absolute atomic E-state index is 14.8. The fourth-order valence-corrected chi connectivity index (χ4v) is 10.8. The largest absolute Gasteiger partial charge is 0.459 e. The van der Waals surface area contributed by atoms with Crippen LogP contribution in [0.25, 0.3) is 6.08 Å². The Kier molecular flexibility index (Phi) is 17.9. The Morgan fingerprint density at radius 2 is 1.65 bits per heavy atom. The van der Waals surface area contributed by atoms with Gasteiger partial charge < -0.3 is 63.0 Å². The van der Waals surface area contributed by atoms with Crippen molar-refractivity contribution in [2.45, 2.75) is 186 Å². The number of methoxy groups -OCH3 is 1. The fraction of sp³-hybridized carbons (Fsp3) is 0.776. The number of hydrogen-bond donors (Lipinski definition) is 3. The van der Waals surface area contributed by atoms with Crippen LogP contribution in [-0.4, -0.2) is 157 Å². The Bertz CT molecular complexity index is 1790. The van der Waals surface area contributed by atoms with Gasteiger partial charge >= 0.3 is 11.9 Å². The molecule has 0 saturated carbocycles. The average Bonchev–Trinajstić information content (AvgIpc) is 3.25. The fourth-order valence-electron chi connectivity index (χ4n) is 10.8. The van der Waals surface area contributed by atoms with E-state index in [4.69, 9.17) is 42.6 Å². The molecule has 4 saturated heterocycles. The standard InChI is InChI=1S/C49H78N2O14/c1-15-37-49(11,55)43-29(4)39(50-56)27(2)23-48(10,59-26-35(25-58-43)22-34-19-17-16-18-20-34)42(65-46-40(53)36(51(12)13)21-28(3)60-46)30(5)41(31(6)45(54)63-37)64-38-24-47(9,57-14)44(32(7)61-38)62-33(8)52/h16-20,22,27-32,36-38,40-44,46,53,55-56H,15,21,23-26H2,1-14H3/b35-22-,50-39+/t27-,28-,29-,30+,31-,32+,36+,37+,38+,40-,41+,42-,43+,44+,46+,47-,48-,49-/m1/s1. The van der Waals surface area contributed by atoms with Gasteiger partial charge in [-0.2, -0.15) is 0 Å². The Balaban J connectivity index is 1.75. The zero-order valence-electron chi connectivity index (χ0n) is 41.1. The molecular weight excluding hydrogens is 841 g/mol. The lowest BCUT2D eigenvalue weighted by molar-refractivity contribution is -0.320. The monoisotopic (exact) mass is 919 g/mol. The number of ether oxygens (including phenoxy) is 9. The van der Waals surface area contributed by atoms with Crippen LogP contribution in [0.3, 0.4) is 0 Å². The van der Waals surface area contributed by atoms with Crippen LogP contribution in [0.5, 0.6) is 0 Å². The van der Waals surface area contributed by atoms with E-state index >= 15 is 0 Å². The highest BCUT2D eigenvalue weighted by atomic mass is 16.7. The third-order valence-electron chi connectivity index (χ3n) is 14.4. The molecular formula is C49H78N2O14. The predicted octanol–water partition coefficient (Wildman–Crippen LogP) is 5.76. The number of fused-ring (bicyclic) bond motifs is 5. The van der Waals surface area contributed by atoms with Crippen molar-refractivity contribution in [2.24, 2.45) is 28.8 Å². The minimum Gasteiger partial charge on any atom is -0.459 e. The number of carbonyl (C=O) groups excluding carboxylic acids is 2. The Morgan fingerprint density at radius 3 is 2.25 bits per heavy atom. The third kappa shape index (κ3) is 12.0. The van der Waals surface area contributed by atoms with Crippen molar-refractivity contribution in [3.63, 3.8) is 0 Å². The summed E-state index contributed by atoms with van der Waals surface area (Å²) >= 11 is 0. The first-order valence-corrected chi connectivity index (χ1v) is 23.3. The van der Waals surface area contributed by atoms with E-state index < -0.39 is 108 Å². The van der Waals surface area contributed by atoms with E-state index in [9.17, 15) is 25.0 Å². The van der Waals surface area contributed by atoms with Crippen molar-refractivity contribution in [3.8, 4) is 0 Å². The van der Waals surface area contributed by atoms with Gasteiger partial charge in [0, 0.05) is 44.2 Å². The number of aliphatic hydroxyl groups is 2. The van der Waals surface area contributed by atoms with Crippen LogP contribution in [0.4, 0.5) is 0 Å². The lowest BCUT2D eigenvalue weighted by Crippen LogP contribution is -2.62. The lowest BCUT2D eigenvalue weighted by atomic mass is 9.73. The van der Waals surface area contributed by atoms with E-state index in [2.05, 4.69) is 5.16 Å². The van der Waals surface area contributed by atoms with Crippen LogP contribution >= 0.6 is 0 Å². The highest BCUT2D eigenvalue weighted by Gasteiger charge is 2.55. The molecule has 4 fully saturated rings. The van der Waals surface area contributed by atoms with E-state index in [1.165, 1.54) is 14.0 Å². The molecule has 16 nitrogen and oxygen atoms in total. The topological polar surface area (TPSA) is 193 Å². The number of carbonyl (C=O) groups is 2. The molecule has 3 N–H and O–H groups in total. The van der Waals surface area contributed by atoms with Crippen LogP contribution in [0.15, 0.2) is 41.1 Å². The normalized spacial score (nSPS) is 43.9. The minimum atomic E-state index is -1.80. The van der Waals surface area contributed by atoms with Gasteiger partial charge in [0.05, 0.1) is 61.0 Å². The van der Waals surface area contributed by atoms with E-state index in [-0.39, 0.29) is 44.6 Å². The quantitative estimate of drug-likeness (QED) is 0.154. The summed E-state index contributed by atoms with van der Waals surface area (Å²) in [4.78, 5) is 29.0. The van der Waals surface area contributed by atoms with Crippen LogP contribution in [0.2, 0.25) is 0 Å². The van der Waals surface area contributed by atoms with Crippen molar-refractivity contribution in [1.29, 1.82) is 0 Å². The summed E-state index contributed by atoms with van der Waals surface area (Å²) in [5.74, 6) is -4.11. The van der Waals surface area contributed by atoms with Gasteiger partial charge in [0.2, 0.25) is 0 Å². The maximum atomic E-state index is 14.8. The maximum Gasteiger partial charge on any atom is 0.311 e. The first-order valence-electron chi connectivity index (χ1n) is 23.3. The average molecular weight is 919 g/mol. The lowest BCUT2D eigenvalue weighted by Gasteiger charge is -2.50. The molecule has 18 atom stereocenters. The molecule has 4 aliphatic rings. The molecule has 16 heteroatoms. The third-order valence-corrected chi connectivity index (χ3v) is 14.4. The van der Waals surface area contributed by atoms with Gasteiger partial charge in [-0.1, -0.05) is 69.3 Å². The molecule has 65 heavy (non-hydrogen) atoms. The number of aliphatic hydroxyl groups excluding tert-OH is 1. The molecule has 0 radical (unpaired) electrons. The molecule has 0 aromatic heterocycles. The van der Waals surface area contributed by atoms with Crippen LogP contribution in [-0.2, 0) is 52.2 Å². The molecule has 368 valence electrons. The highest BCUT2D eigenvalue weighted by molar-refractivity contribution is 5.88.